The number of aryl methyl sites for hydroxylation is 1. The van der Waals surface area contributed by atoms with Gasteiger partial charge < -0.3 is 9.15 Å². The maximum Gasteiger partial charge on any atom is 0.192 e. The summed E-state index contributed by atoms with van der Waals surface area (Å²) < 4.78 is 13.4. The number of hydrogen-bond donors (Lipinski definition) is 0. The lowest BCUT2D eigenvalue weighted by Gasteiger charge is -2.24. The lowest BCUT2D eigenvalue weighted by molar-refractivity contribution is 0.104. The van der Waals surface area contributed by atoms with Crippen LogP contribution in [-0.2, 0) is 12.1 Å². The third kappa shape index (κ3) is 3.53. The first-order valence-corrected chi connectivity index (χ1v) is 9.08. The van der Waals surface area contributed by atoms with Gasteiger partial charge in [-0.25, -0.2) is 4.68 Å². The van der Waals surface area contributed by atoms with Crippen molar-refractivity contribution < 1.29 is 9.15 Å². The van der Waals surface area contributed by atoms with Crippen molar-refractivity contribution >= 4 is 11.0 Å². The Morgan fingerprint density at radius 2 is 1.96 bits per heavy atom. The number of benzene rings is 2. The third-order valence-corrected chi connectivity index (χ3v) is 4.76. The maximum atomic E-state index is 11.9. The van der Waals surface area contributed by atoms with E-state index in [-0.39, 0.29) is 5.43 Å². The lowest BCUT2D eigenvalue weighted by atomic mass is 10.1. The topological polar surface area (TPSA) is 70.2 Å². The summed E-state index contributed by atoms with van der Waals surface area (Å²) in [6.07, 6.45) is 3.28. The van der Waals surface area contributed by atoms with E-state index in [0.29, 0.717) is 23.3 Å². The van der Waals surface area contributed by atoms with Crippen molar-refractivity contribution in [2.75, 3.05) is 0 Å². The molecule has 4 aromatic rings. The molecule has 0 amide bonds. The van der Waals surface area contributed by atoms with Crippen LogP contribution in [0.25, 0.3) is 11.0 Å². The Morgan fingerprint density at radius 1 is 1.14 bits per heavy atom. The molecule has 2 aromatic heterocycles. The smallest absolute Gasteiger partial charge is 0.192 e. The summed E-state index contributed by atoms with van der Waals surface area (Å²) >= 11 is 0. The maximum absolute atomic E-state index is 11.9. The predicted octanol–water partition coefficient (Wildman–Crippen LogP) is 4.06. The Bertz CT molecular complexity index is 1190. The van der Waals surface area contributed by atoms with Gasteiger partial charge in [-0.3, -0.25) is 4.79 Å². The van der Waals surface area contributed by atoms with Crippen LogP contribution in [0.5, 0.6) is 5.75 Å². The van der Waals surface area contributed by atoms with Crippen LogP contribution in [0.4, 0.5) is 0 Å². The van der Waals surface area contributed by atoms with E-state index in [1.165, 1.54) is 23.5 Å². The van der Waals surface area contributed by atoms with Crippen molar-refractivity contribution in [1.29, 1.82) is 0 Å². The molecule has 0 fully saturated rings. The van der Waals surface area contributed by atoms with Crippen molar-refractivity contribution in [2.45, 2.75) is 32.9 Å². The third-order valence-electron chi connectivity index (χ3n) is 4.76. The zero-order valence-corrected chi connectivity index (χ0v) is 16.0. The van der Waals surface area contributed by atoms with Gasteiger partial charge in [-0.15, -0.1) is 5.10 Å². The Morgan fingerprint density at radius 3 is 2.79 bits per heavy atom. The van der Waals surface area contributed by atoms with Crippen LogP contribution in [-0.4, -0.2) is 15.0 Å². The fourth-order valence-electron chi connectivity index (χ4n) is 3.09. The SMILES string of the molecule is Cc1ccccc1Cn1cc(C(C)(C)Oc2ccc3c(=O)ccoc3c2)nn1. The molecule has 6 nitrogen and oxygen atoms in total. The Labute approximate surface area is 162 Å². The minimum atomic E-state index is -0.702. The molecule has 2 aromatic carbocycles. The standard InChI is InChI=1S/C22H21N3O3/c1-15-6-4-5-7-16(15)13-25-14-21(23-24-25)22(2,3)28-17-8-9-18-19(26)10-11-27-20(18)12-17/h4-12,14H,13H2,1-3H3. The second-order valence-corrected chi connectivity index (χ2v) is 7.28. The molecule has 0 saturated carbocycles. The minimum Gasteiger partial charge on any atom is -0.481 e. The molecule has 2 heterocycles. The molecule has 4 rings (SSSR count). The van der Waals surface area contributed by atoms with Crippen molar-refractivity contribution in [3.63, 3.8) is 0 Å². The number of ether oxygens (including phenoxy) is 1. The summed E-state index contributed by atoms with van der Waals surface area (Å²) in [6, 6.07) is 14.8. The molecule has 0 atom stereocenters. The molecule has 0 aliphatic heterocycles. The van der Waals surface area contributed by atoms with Crippen LogP contribution in [0, 0.1) is 6.92 Å². The van der Waals surface area contributed by atoms with Gasteiger partial charge in [0, 0.05) is 12.1 Å². The molecule has 0 N–H and O–H groups in total. The molecular formula is C22H21N3O3. The van der Waals surface area contributed by atoms with E-state index in [9.17, 15) is 4.79 Å². The number of fused-ring (bicyclic) bond motifs is 1. The van der Waals surface area contributed by atoms with E-state index in [1.54, 1.807) is 18.2 Å². The van der Waals surface area contributed by atoms with Gasteiger partial charge in [-0.05, 0) is 44.0 Å². The molecule has 0 radical (unpaired) electrons. The van der Waals surface area contributed by atoms with Crippen molar-refractivity contribution in [1.82, 2.24) is 15.0 Å². The Balaban J connectivity index is 1.56. The highest BCUT2D eigenvalue weighted by Gasteiger charge is 2.27. The second-order valence-electron chi connectivity index (χ2n) is 7.28. The van der Waals surface area contributed by atoms with Gasteiger partial charge >= 0.3 is 0 Å². The van der Waals surface area contributed by atoms with Crippen LogP contribution in [0.2, 0.25) is 0 Å². The fraction of sp³-hybridized carbons (Fsp3) is 0.227. The van der Waals surface area contributed by atoms with Crippen molar-refractivity contribution in [2.24, 2.45) is 0 Å². The largest absolute Gasteiger partial charge is 0.481 e. The zero-order chi connectivity index (χ0) is 19.7. The molecule has 0 aliphatic rings. The first kappa shape index (κ1) is 18.0. The fourth-order valence-corrected chi connectivity index (χ4v) is 3.09. The van der Waals surface area contributed by atoms with Crippen LogP contribution < -0.4 is 10.2 Å². The van der Waals surface area contributed by atoms with Crippen LogP contribution >= 0.6 is 0 Å². The molecule has 28 heavy (non-hydrogen) atoms. The zero-order valence-electron chi connectivity index (χ0n) is 16.0. The molecule has 0 saturated heterocycles. The summed E-state index contributed by atoms with van der Waals surface area (Å²) in [5, 5.41) is 9.07. The molecule has 142 valence electrons. The highest BCUT2D eigenvalue weighted by molar-refractivity contribution is 5.77. The summed E-state index contributed by atoms with van der Waals surface area (Å²) in [7, 11) is 0. The quantitative estimate of drug-likeness (QED) is 0.526. The van der Waals surface area contributed by atoms with E-state index >= 15 is 0 Å². The Hall–Kier alpha value is -3.41. The van der Waals surface area contributed by atoms with Gasteiger partial charge in [0.15, 0.2) is 5.43 Å². The monoisotopic (exact) mass is 375 g/mol. The summed E-state index contributed by atoms with van der Waals surface area (Å²) in [4.78, 5) is 11.9. The molecule has 0 spiro atoms. The van der Waals surface area contributed by atoms with Gasteiger partial charge in [0.1, 0.15) is 22.6 Å². The van der Waals surface area contributed by atoms with E-state index in [0.717, 1.165) is 5.69 Å². The molecular weight excluding hydrogens is 354 g/mol. The van der Waals surface area contributed by atoms with Gasteiger partial charge in [-0.1, -0.05) is 29.5 Å². The minimum absolute atomic E-state index is 0.0776. The number of hydrogen-bond acceptors (Lipinski definition) is 5. The van der Waals surface area contributed by atoms with Crippen LogP contribution in [0.3, 0.4) is 0 Å². The summed E-state index contributed by atoms with van der Waals surface area (Å²) in [6.45, 7) is 6.59. The lowest BCUT2D eigenvalue weighted by Crippen LogP contribution is -2.25. The van der Waals surface area contributed by atoms with E-state index < -0.39 is 5.60 Å². The highest BCUT2D eigenvalue weighted by Crippen LogP contribution is 2.28. The Kier molecular flexibility index (Phi) is 4.47. The predicted molar refractivity (Wildman–Crippen MR) is 106 cm³/mol. The van der Waals surface area contributed by atoms with E-state index in [2.05, 4.69) is 29.4 Å². The second kappa shape index (κ2) is 6.96. The van der Waals surface area contributed by atoms with Crippen molar-refractivity contribution in [3.05, 3.63) is 88.0 Å². The van der Waals surface area contributed by atoms with Crippen LogP contribution in [0.15, 0.2) is 70.2 Å². The first-order chi connectivity index (χ1) is 13.4. The average Bonchev–Trinajstić information content (AvgIpc) is 3.13. The van der Waals surface area contributed by atoms with E-state index in [1.807, 2.05) is 36.9 Å². The molecule has 0 bridgehead atoms. The van der Waals surface area contributed by atoms with Gasteiger partial charge in [-0.2, -0.15) is 0 Å². The van der Waals surface area contributed by atoms with Gasteiger partial charge in [0.25, 0.3) is 0 Å². The number of rotatable bonds is 5. The first-order valence-electron chi connectivity index (χ1n) is 9.08. The van der Waals surface area contributed by atoms with Crippen molar-refractivity contribution in [3.8, 4) is 5.75 Å². The van der Waals surface area contributed by atoms with Gasteiger partial charge in [0.2, 0.25) is 0 Å². The van der Waals surface area contributed by atoms with E-state index in [4.69, 9.17) is 9.15 Å². The number of aromatic nitrogens is 3. The molecule has 6 heteroatoms. The summed E-state index contributed by atoms with van der Waals surface area (Å²) in [5.41, 5.74) is 2.84. The number of nitrogens with zero attached hydrogens (tertiary/aromatic N) is 3. The van der Waals surface area contributed by atoms with Crippen LogP contribution in [0.1, 0.15) is 30.7 Å². The highest BCUT2D eigenvalue weighted by atomic mass is 16.5. The molecule has 0 aliphatic carbocycles. The molecule has 0 unspecified atom stereocenters. The van der Waals surface area contributed by atoms with Gasteiger partial charge in [0.05, 0.1) is 24.4 Å². The normalized spacial score (nSPS) is 11.7. The average molecular weight is 375 g/mol. The summed E-state index contributed by atoms with van der Waals surface area (Å²) in [5.74, 6) is 0.598.